The Hall–Kier alpha value is -1.04. The maximum absolute atomic E-state index is 12.3. The van der Waals surface area contributed by atoms with Crippen LogP contribution in [0, 0.1) is 17.8 Å². The Labute approximate surface area is 166 Å². The fourth-order valence-corrected chi connectivity index (χ4v) is 6.51. The zero-order chi connectivity index (χ0) is 18.3. The van der Waals surface area contributed by atoms with E-state index in [-0.39, 0.29) is 17.4 Å². The first-order chi connectivity index (χ1) is 13.2. The van der Waals surface area contributed by atoms with E-state index in [1.807, 2.05) is 11.8 Å². The first-order valence-electron chi connectivity index (χ1n) is 10.6. The minimum absolute atomic E-state index is 0.0773. The number of ether oxygens (including phenoxy) is 1. The zero-order valence-electron chi connectivity index (χ0n) is 15.9. The van der Waals surface area contributed by atoms with Gasteiger partial charge in [0.05, 0.1) is 11.7 Å². The molecule has 1 aliphatic carbocycles. The van der Waals surface area contributed by atoms with E-state index in [1.54, 1.807) is 0 Å². The lowest BCUT2D eigenvalue weighted by atomic mass is 9.73. The number of benzene rings is 1. The number of amides is 1. The summed E-state index contributed by atoms with van der Waals surface area (Å²) in [5, 5.41) is 3.26. The number of hydrogen-bond donors (Lipinski definition) is 1. The van der Waals surface area contributed by atoms with Crippen molar-refractivity contribution in [2.45, 2.75) is 48.7 Å². The number of carbonyl (C=O) groups excluding carboxylic acids is 1. The molecule has 1 N–H and O–H groups in total. The lowest BCUT2D eigenvalue weighted by molar-refractivity contribution is -0.127. The molecule has 4 fully saturated rings. The van der Waals surface area contributed by atoms with Crippen molar-refractivity contribution in [1.82, 2.24) is 10.2 Å². The molecule has 3 saturated heterocycles. The van der Waals surface area contributed by atoms with E-state index in [9.17, 15) is 4.79 Å². The van der Waals surface area contributed by atoms with Crippen LogP contribution in [0.3, 0.4) is 0 Å². The van der Waals surface area contributed by atoms with E-state index in [1.165, 1.54) is 24.2 Å². The van der Waals surface area contributed by atoms with Crippen molar-refractivity contribution < 1.29 is 9.53 Å². The summed E-state index contributed by atoms with van der Waals surface area (Å²) in [5.41, 5.74) is 0.0773. The molecule has 0 unspecified atom stereocenters. The quantitative estimate of drug-likeness (QED) is 0.731. The lowest BCUT2D eigenvalue weighted by Gasteiger charge is -2.31. The van der Waals surface area contributed by atoms with Crippen molar-refractivity contribution >= 4 is 17.7 Å². The molecular weight excluding hydrogens is 356 g/mol. The third-order valence-corrected chi connectivity index (χ3v) is 8.25. The molecule has 4 aliphatic rings. The second-order valence-electron chi connectivity index (χ2n) is 8.80. The van der Waals surface area contributed by atoms with E-state index in [2.05, 4.69) is 40.5 Å². The van der Waals surface area contributed by atoms with Crippen LogP contribution in [0.4, 0.5) is 0 Å². The molecule has 146 valence electrons. The second-order valence-corrected chi connectivity index (χ2v) is 9.97. The van der Waals surface area contributed by atoms with Crippen molar-refractivity contribution in [1.29, 1.82) is 0 Å². The SMILES string of the molecule is O=C(NC[C@H]1[C@H]2CN(CCSc3ccccc3)C[C@]23CC[C@H]1O3)C1CCC1. The molecular formula is C22H30N2O2S. The summed E-state index contributed by atoms with van der Waals surface area (Å²) in [4.78, 5) is 16.2. The monoisotopic (exact) mass is 386 g/mol. The molecule has 5 heteroatoms. The molecule has 1 aromatic rings. The average molecular weight is 387 g/mol. The first-order valence-corrected chi connectivity index (χ1v) is 11.6. The molecule has 27 heavy (non-hydrogen) atoms. The van der Waals surface area contributed by atoms with E-state index in [4.69, 9.17) is 4.74 Å². The van der Waals surface area contributed by atoms with Crippen LogP contribution < -0.4 is 5.32 Å². The van der Waals surface area contributed by atoms with Gasteiger partial charge in [0.2, 0.25) is 5.91 Å². The maximum Gasteiger partial charge on any atom is 0.223 e. The van der Waals surface area contributed by atoms with Gasteiger partial charge in [-0.3, -0.25) is 9.69 Å². The Balaban J connectivity index is 1.14. The Morgan fingerprint density at radius 1 is 1.26 bits per heavy atom. The maximum atomic E-state index is 12.3. The fourth-order valence-electron chi connectivity index (χ4n) is 5.57. The van der Waals surface area contributed by atoms with Gasteiger partial charge in [-0.1, -0.05) is 24.6 Å². The predicted molar refractivity (Wildman–Crippen MR) is 108 cm³/mol. The summed E-state index contributed by atoms with van der Waals surface area (Å²) in [6, 6.07) is 10.7. The molecule has 1 aromatic carbocycles. The standard InChI is InChI=1S/C22H30N2O2S/c25-21(16-5-4-6-16)23-13-18-19-14-24(15-22(19)10-9-20(18)26-22)11-12-27-17-7-2-1-3-8-17/h1-3,7-8,16,18-20H,4-6,9-15H2,(H,23,25)/t18-,19+,20+,22+/m0/s1. The van der Waals surface area contributed by atoms with Crippen LogP contribution in [0.5, 0.6) is 0 Å². The minimum atomic E-state index is 0.0773. The molecule has 3 heterocycles. The van der Waals surface area contributed by atoms with Crippen LogP contribution >= 0.6 is 11.8 Å². The van der Waals surface area contributed by atoms with Crippen molar-refractivity contribution in [3.8, 4) is 0 Å². The highest BCUT2D eigenvalue weighted by Crippen LogP contribution is 2.54. The van der Waals surface area contributed by atoms with Crippen LogP contribution in [0.1, 0.15) is 32.1 Å². The van der Waals surface area contributed by atoms with Gasteiger partial charge in [0.1, 0.15) is 0 Å². The van der Waals surface area contributed by atoms with Crippen molar-refractivity contribution in [3.05, 3.63) is 30.3 Å². The van der Waals surface area contributed by atoms with Gasteiger partial charge in [-0.2, -0.15) is 0 Å². The summed E-state index contributed by atoms with van der Waals surface area (Å²) in [6.45, 7) is 4.15. The fraction of sp³-hybridized carbons (Fsp3) is 0.682. The van der Waals surface area contributed by atoms with Gasteiger partial charge >= 0.3 is 0 Å². The summed E-state index contributed by atoms with van der Waals surface area (Å²) >= 11 is 1.94. The van der Waals surface area contributed by atoms with Crippen molar-refractivity contribution in [2.75, 3.05) is 31.9 Å². The molecule has 3 aliphatic heterocycles. The highest BCUT2D eigenvalue weighted by Gasteiger charge is 2.62. The number of carbonyl (C=O) groups is 1. The zero-order valence-corrected chi connectivity index (χ0v) is 16.8. The van der Waals surface area contributed by atoms with Crippen LogP contribution in [0.2, 0.25) is 0 Å². The number of nitrogens with one attached hydrogen (secondary N) is 1. The van der Waals surface area contributed by atoms with Gasteiger partial charge in [-0.25, -0.2) is 0 Å². The molecule has 2 bridgehead atoms. The van der Waals surface area contributed by atoms with Gasteiger partial charge in [-0.15, -0.1) is 11.8 Å². The third kappa shape index (κ3) is 3.43. The smallest absolute Gasteiger partial charge is 0.223 e. The van der Waals surface area contributed by atoms with Crippen molar-refractivity contribution in [2.24, 2.45) is 17.8 Å². The van der Waals surface area contributed by atoms with Gasteiger partial charge in [0, 0.05) is 54.6 Å². The Morgan fingerprint density at radius 3 is 2.89 bits per heavy atom. The van der Waals surface area contributed by atoms with Crippen LogP contribution in [-0.2, 0) is 9.53 Å². The Bertz CT molecular complexity index is 680. The molecule has 5 rings (SSSR count). The number of likely N-dealkylation sites (tertiary alicyclic amines) is 1. The minimum Gasteiger partial charge on any atom is -0.370 e. The Morgan fingerprint density at radius 2 is 2.11 bits per heavy atom. The molecule has 1 saturated carbocycles. The number of hydrogen-bond acceptors (Lipinski definition) is 4. The topological polar surface area (TPSA) is 41.6 Å². The van der Waals surface area contributed by atoms with Gasteiger partial charge in [-0.05, 0) is 37.8 Å². The number of nitrogens with zero attached hydrogens (tertiary/aromatic N) is 1. The van der Waals surface area contributed by atoms with Gasteiger partial charge in [0.25, 0.3) is 0 Å². The van der Waals surface area contributed by atoms with Crippen molar-refractivity contribution in [3.63, 3.8) is 0 Å². The summed E-state index contributed by atoms with van der Waals surface area (Å²) in [7, 11) is 0. The van der Waals surface area contributed by atoms with Crippen LogP contribution in [0.25, 0.3) is 0 Å². The summed E-state index contributed by atoms with van der Waals surface area (Å²) in [5.74, 6) is 2.80. The largest absolute Gasteiger partial charge is 0.370 e. The highest BCUT2D eigenvalue weighted by atomic mass is 32.2. The Kier molecular flexibility index (Phi) is 4.95. The average Bonchev–Trinajstić information content (AvgIpc) is 3.27. The van der Waals surface area contributed by atoms with Gasteiger partial charge in [0.15, 0.2) is 0 Å². The molecule has 0 radical (unpaired) electrons. The first kappa shape index (κ1) is 18.0. The highest BCUT2D eigenvalue weighted by molar-refractivity contribution is 7.99. The normalized spacial score (nSPS) is 35.2. The predicted octanol–water partition coefficient (Wildman–Crippen LogP) is 3.17. The third-order valence-electron chi connectivity index (χ3n) is 7.26. The molecule has 1 amide bonds. The van der Waals surface area contributed by atoms with Gasteiger partial charge < -0.3 is 10.1 Å². The van der Waals surface area contributed by atoms with E-state index in [0.29, 0.717) is 17.9 Å². The molecule has 1 spiro atoms. The summed E-state index contributed by atoms with van der Waals surface area (Å²) in [6.07, 6.45) is 6.13. The van der Waals surface area contributed by atoms with E-state index in [0.717, 1.165) is 44.8 Å². The molecule has 4 atom stereocenters. The number of thioether (sulfide) groups is 1. The van der Waals surface area contributed by atoms with Crippen LogP contribution in [-0.4, -0.2) is 54.4 Å². The molecule has 4 nitrogen and oxygen atoms in total. The lowest BCUT2D eigenvalue weighted by Crippen LogP contribution is -2.44. The number of fused-ring (bicyclic) bond motifs is 1. The van der Waals surface area contributed by atoms with E-state index >= 15 is 0 Å². The second kappa shape index (κ2) is 7.41. The van der Waals surface area contributed by atoms with Crippen LogP contribution in [0.15, 0.2) is 35.2 Å². The number of rotatable bonds is 7. The summed E-state index contributed by atoms with van der Waals surface area (Å²) < 4.78 is 6.52. The molecule has 0 aromatic heterocycles. The van der Waals surface area contributed by atoms with E-state index < -0.39 is 0 Å².